The van der Waals surface area contributed by atoms with Gasteiger partial charge >= 0.3 is 0 Å². The largest absolute Gasteiger partial charge is 0.295 e. The van der Waals surface area contributed by atoms with Crippen molar-refractivity contribution in [3.8, 4) is 0 Å². The van der Waals surface area contributed by atoms with Gasteiger partial charge < -0.3 is 0 Å². The van der Waals surface area contributed by atoms with Gasteiger partial charge in [-0.1, -0.05) is 54.8 Å². The minimum atomic E-state index is 0.0411. The normalized spacial score (nSPS) is 15.2. The molecule has 0 bridgehead atoms. The summed E-state index contributed by atoms with van der Waals surface area (Å²) in [6, 6.07) is 14.1. The second kappa shape index (κ2) is 7.60. The summed E-state index contributed by atoms with van der Waals surface area (Å²) >= 11 is 5.93. The maximum absolute atomic E-state index is 13.4. The summed E-state index contributed by atoms with van der Waals surface area (Å²) in [6.07, 6.45) is 10.9. The minimum Gasteiger partial charge on any atom is -0.295 e. The Morgan fingerprint density at radius 3 is 2.66 bits per heavy atom. The highest BCUT2D eigenvalue weighted by atomic mass is 35.5. The lowest BCUT2D eigenvalue weighted by atomic mass is 9.94. The van der Waals surface area contributed by atoms with Crippen molar-refractivity contribution in [1.82, 2.24) is 14.5 Å². The summed E-state index contributed by atoms with van der Waals surface area (Å²) in [4.78, 5) is 22.3. The number of aromatic nitrogens is 3. The van der Waals surface area contributed by atoms with Crippen LogP contribution in [0.25, 0.3) is 21.7 Å². The van der Waals surface area contributed by atoms with Gasteiger partial charge in [0.2, 0.25) is 0 Å². The van der Waals surface area contributed by atoms with E-state index in [1.807, 2.05) is 34.9 Å². The third-order valence-electron chi connectivity index (χ3n) is 5.81. The number of halogens is 1. The molecule has 1 aliphatic carbocycles. The van der Waals surface area contributed by atoms with Crippen molar-refractivity contribution in [1.29, 1.82) is 0 Å². The van der Waals surface area contributed by atoms with Gasteiger partial charge in [-0.05, 0) is 54.3 Å². The summed E-state index contributed by atoms with van der Waals surface area (Å²) in [7, 11) is 0. The van der Waals surface area contributed by atoms with E-state index in [1.165, 1.54) is 6.42 Å². The lowest BCUT2D eigenvalue weighted by Crippen LogP contribution is -2.27. The fraction of sp³-hybridized carbons (Fsp3) is 0.250. The Hall–Kier alpha value is -2.72. The smallest absolute Gasteiger partial charge is 0.261 e. The number of hydrogen-bond donors (Lipinski definition) is 0. The zero-order valence-corrected chi connectivity index (χ0v) is 16.8. The first-order valence-electron chi connectivity index (χ1n) is 10.1. The molecule has 2 aromatic carbocycles. The molecule has 1 saturated carbocycles. The Morgan fingerprint density at radius 1 is 1.03 bits per heavy atom. The van der Waals surface area contributed by atoms with Crippen LogP contribution in [-0.4, -0.2) is 14.5 Å². The van der Waals surface area contributed by atoms with Gasteiger partial charge in [-0.3, -0.25) is 9.36 Å². The molecule has 1 unspecified atom stereocenters. The maximum atomic E-state index is 13.4. The maximum Gasteiger partial charge on any atom is 0.261 e. The van der Waals surface area contributed by atoms with Crippen LogP contribution in [0.5, 0.6) is 0 Å². The van der Waals surface area contributed by atoms with Crippen LogP contribution in [0.1, 0.15) is 42.9 Å². The van der Waals surface area contributed by atoms with E-state index in [2.05, 4.69) is 17.5 Å². The molecule has 0 aliphatic heterocycles. The SMILES string of the molecule is O=c1c2cc(Cc3ccc(Cl)nc3)c3ccccc3c2ncn1C1[CH]CCCC1. The minimum absolute atomic E-state index is 0.0411. The highest BCUT2D eigenvalue weighted by Gasteiger charge is 2.19. The summed E-state index contributed by atoms with van der Waals surface area (Å²) in [5.41, 5.74) is 2.97. The first kappa shape index (κ1) is 18.3. The molecule has 0 N–H and O–H groups in total. The molecule has 4 nitrogen and oxygen atoms in total. The van der Waals surface area contributed by atoms with Crippen LogP contribution in [0.4, 0.5) is 0 Å². The van der Waals surface area contributed by atoms with Crippen molar-refractivity contribution in [2.75, 3.05) is 0 Å². The molecule has 145 valence electrons. The quantitative estimate of drug-likeness (QED) is 0.335. The first-order valence-corrected chi connectivity index (χ1v) is 10.4. The topological polar surface area (TPSA) is 47.8 Å². The molecule has 1 fully saturated rings. The van der Waals surface area contributed by atoms with E-state index < -0.39 is 0 Å². The lowest BCUT2D eigenvalue weighted by Gasteiger charge is -2.23. The molecule has 0 amide bonds. The fourth-order valence-electron chi connectivity index (χ4n) is 4.34. The molecule has 0 saturated heterocycles. The molecule has 29 heavy (non-hydrogen) atoms. The molecular formula is C24H21ClN3O. The predicted molar refractivity (Wildman–Crippen MR) is 117 cm³/mol. The zero-order valence-electron chi connectivity index (χ0n) is 16.0. The van der Waals surface area contributed by atoms with E-state index in [0.29, 0.717) is 17.0 Å². The Morgan fingerprint density at radius 2 is 1.90 bits per heavy atom. The van der Waals surface area contributed by atoms with Crippen LogP contribution in [0, 0.1) is 6.42 Å². The van der Waals surface area contributed by atoms with E-state index in [1.54, 1.807) is 18.6 Å². The summed E-state index contributed by atoms with van der Waals surface area (Å²) in [5, 5.41) is 3.29. The zero-order chi connectivity index (χ0) is 19.8. The standard InChI is InChI=1S/C24H21ClN3O/c25-22-11-10-16(14-26-22)12-17-13-21-23(20-9-5-4-8-19(17)20)27-15-28(24(21)29)18-6-2-1-3-7-18/h4-6,8-11,13-15,18H,1-3,7,12H2. The number of rotatable bonds is 3. The number of pyridine rings is 1. The highest BCUT2D eigenvalue weighted by molar-refractivity contribution is 6.29. The molecular weight excluding hydrogens is 382 g/mol. The van der Waals surface area contributed by atoms with Gasteiger partial charge in [-0.25, -0.2) is 9.97 Å². The summed E-state index contributed by atoms with van der Waals surface area (Å²) in [6.45, 7) is 0. The average molecular weight is 403 g/mol. The fourth-order valence-corrected chi connectivity index (χ4v) is 4.45. The van der Waals surface area contributed by atoms with Crippen LogP contribution in [-0.2, 0) is 6.42 Å². The van der Waals surface area contributed by atoms with Crippen molar-refractivity contribution in [2.45, 2.75) is 38.1 Å². The third kappa shape index (κ3) is 3.42. The number of hydrogen-bond acceptors (Lipinski definition) is 3. The number of benzene rings is 2. The molecule has 2 heterocycles. The highest BCUT2D eigenvalue weighted by Crippen LogP contribution is 2.30. The van der Waals surface area contributed by atoms with Crippen molar-refractivity contribution >= 4 is 33.3 Å². The summed E-state index contributed by atoms with van der Waals surface area (Å²) in [5.74, 6) is 0. The second-order valence-corrected chi connectivity index (χ2v) is 8.08. The van der Waals surface area contributed by atoms with Gasteiger partial charge in [-0.2, -0.15) is 0 Å². The number of nitrogens with zero attached hydrogens (tertiary/aromatic N) is 3. The van der Waals surface area contributed by atoms with Crippen LogP contribution < -0.4 is 5.56 Å². The Labute approximate surface area is 174 Å². The van der Waals surface area contributed by atoms with Crippen molar-refractivity contribution in [2.24, 2.45) is 0 Å². The molecule has 1 radical (unpaired) electrons. The molecule has 2 aromatic heterocycles. The first-order chi connectivity index (χ1) is 14.2. The van der Waals surface area contributed by atoms with E-state index in [-0.39, 0.29) is 11.6 Å². The molecule has 5 rings (SSSR count). The molecule has 0 spiro atoms. The van der Waals surface area contributed by atoms with Crippen molar-refractivity contribution in [3.63, 3.8) is 0 Å². The van der Waals surface area contributed by atoms with E-state index in [4.69, 9.17) is 16.6 Å². The monoisotopic (exact) mass is 402 g/mol. The van der Waals surface area contributed by atoms with Crippen LogP contribution in [0.15, 0.2) is 59.8 Å². The van der Waals surface area contributed by atoms with Gasteiger partial charge in [0.1, 0.15) is 5.15 Å². The predicted octanol–water partition coefficient (Wildman–Crippen LogP) is 5.51. The van der Waals surface area contributed by atoms with Gasteiger partial charge in [0, 0.05) is 17.6 Å². The van der Waals surface area contributed by atoms with Crippen molar-refractivity contribution in [3.05, 3.63) is 88.0 Å². The number of fused-ring (bicyclic) bond motifs is 3. The summed E-state index contributed by atoms with van der Waals surface area (Å²) < 4.78 is 1.81. The Kier molecular flexibility index (Phi) is 4.80. The van der Waals surface area contributed by atoms with E-state index in [0.717, 1.165) is 46.7 Å². The molecule has 4 aromatic rings. The van der Waals surface area contributed by atoms with Crippen molar-refractivity contribution < 1.29 is 0 Å². The van der Waals surface area contributed by atoms with E-state index >= 15 is 0 Å². The van der Waals surface area contributed by atoms with Gasteiger partial charge in [0.15, 0.2) is 0 Å². The van der Waals surface area contributed by atoms with Gasteiger partial charge in [0.25, 0.3) is 5.56 Å². The van der Waals surface area contributed by atoms with Gasteiger partial charge in [-0.15, -0.1) is 0 Å². The van der Waals surface area contributed by atoms with Crippen LogP contribution in [0.2, 0.25) is 5.15 Å². The third-order valence-corrected chi connectivity index (χ3v) is 6.03. The van der Waals surface area contributed by atoms with E-state index in [9.17, 15) is 4.79 Å². The van der Waals surface area contributed by atoms with Crippen LogP contribution >= 0.6 is 11.6 Å². The second-order valence-electron chi connectivity index (χ2n) is 7.69. The molecule has 5 heteroatoms. The Balaban J connectivity index is 1.69. The molecule has 1 aliphatic rings. The van der Waals surface area contributed by atoms with Crippen LogP contribution in [0.3, 0.4) is 0 Å². The van der Waals surface area contributed by atoms with Gasteiger partial charge in [0.05, 0.1) is 17.2 Å². The average Bonchev–Trinajstić information content (AvgIpc) is 2.77. The molecule has 1 atom stereocenters. The Bertz CT molecular complexity index is 1240. The lowest BCUT2D eigenvalue weighted by molar-refractivity contribution is 0.423.